The number of nitrogens with zero attached hydrogens (tertiary/aromatic N) is 2. The molecule has 0 saturated heterocycles. The average Bonchev–Trinajstić information content (AvgIpc) is 2.66. The van der Waals surface area contributed by atoms with Crippen LogP contribution in [0.5, 0.6) is 0 Å². The van der Waals surface area contributed by atoms with Crippen molar-refractivity contribution < 1.29 is 13.2 Å². The Kier molecular flexibility index (Phi) is 2.40. The molecule has 0 amide bonds. The van der Waals surface area contributed by atoms with Gasteiger partial charge in [-0.05, 0) is 24.8 Å². The van der Waals surface area contributed by atoms with Crippen LogP contribution in [0.4, 0.5) is 13.2 Å². The molecule has 0 spiro atoms. The molecule has 0 radical (unpaired) electrons. The maximum absolute atomic E-state index is 13.0. The largest absolute Gasteiger partial charge is 0.418 e. The maximum Gasteiger partial charge on any atom is 0.418 e. The second-order valence-corrected chi connectivity index (χ2v) is 5.06. The Morgan fingerprint density at radius 3 is 2.61 bits per heavy atom. The molecule has 1 heterocycles. The fraction of sp³-hybridized carbons (Fsp3) is 0.462. The fourth-order valence-electron chi connectivity index (χ4n) is 2.67. The van der Waals surface area contributed by atoms with Crippen LogP contribution >= 0.6 is 0 Å². The van der Waals surface area contributed by atoms with Gasteiger partial charge >= 0.3 is 6.18 Å². The van der Waals surface area contributed by atoms with Gasteiger partial charge in [-0.15, -0.1) is 0 Å². The minimum absolute atomic E-state index is 0.112. The molecule has 0 aliphatic heterocycles. The van der Waals surface area contributed by atoms with Gasteiger partial charge in [-0.1, -0.05) is 19.1 Å². The van der Waals surface area contributed by atoms with Crippen molar-refractivity contribution in [2.75, 3.05) is 0 Å². The van der Waals surface area contributed by atoms with Gasteiger partial charge in [-0.25, -0.2) is 0 Å². The molecule has 1 fully saturated rings. The van der Waals surface area contributed by atoms with Crippen molar-refractivity contribution >= 4 is 10.9 Å². The standard InChI is InChI=1S/C13H13F3N2/c1-8-5-10(6-8)18-12-9(7-17-18)3-2-4-11(12)13(14,15)16/h2-4,7-8,10H,5-6H2,1H3. The first kappa shape index (κ1) is 11.6. The Bertz CT molecular complexity index is 579. The van der Waals surface area contributed by atoms with Crippen molar-refractivity contribution in [3.8, 4) is 0 Å². The summed E-state index contributed by atoms with van der Waals surface area (Å²) in [6, 6.07) is 4.35. The summed E-state index contributed by atoms with van der Waals surface area (Å²) in [6.45, 7) is 2.10. The smallest absolute Gasteiger partial charge is 0.261 e. The van der Waals surface area contributed by atoms with Crippen molar-refractivity contribution in [2.24, 2.45) is 5.92 Å². The number of hydrogen-bond donors (Lipinski definition) is 0. The lowest BCUT2D eigenvalue weighted by Gasteiger charge is -2.33. The third kappa shape index (κ3) is 1.69. The summed E-state index contributed by atoms with van der Waals surface area (Å²) in [5, 5.41) is 4.70. The van der Waals surface area contributed by atoms with Crippen LogP contribution in [0.3, 0.4) is 0 Å². The van der Waals surface area contributed by atoms with E-state index < -0.39 is 11.7 Å². The van der Waals surface area contributed by atoms with E-state index in [9.17, 15) is 13.2 Å². The van der Waals surface area contributed by atoms with E-state index in [1.165, 1.54) is 12.3 Å². The molecule has 3 rings (SSSR count). The van der Waals surface area contributed by atoms with Crippen LogP contribution in [0.1, 0.15) is 31.4 Å². The van der Waals surface area contributed by atoms with Crippen LogP contribution in [-0.2, 0) is 6.18 Å². The van der Waals surface area contributed by atoms with E-state index in [1.807, 2.05) is 0 Å². The van der Waals surface area contributed by atoms with Crippen molar-refractivity contribution in [2.45, 2.75) is 32.0 Å². The molecule has 1 aliphatic carbocycles. The van der Waals surface area contributed by atoms with Crippen LogP contribution in [0, 0.1) is 5.92 Å². The Balaban J connectivity index is 2.16. The van der Waals surface area contributed by atoms with Crippen LogP contribution in [0.25, 0.3) is 10.9 Å². The lowest BCUT2D eigenvalue weighted by molar-refractivity contribution is -0.136. The monoisotopic (exact) mass is 254 g/mol. The van der Waals surface area contributed by atoms with Crippen molar-refractivity contribution in [3.63, 3.8) is 0 Å². The molecule has 0 unspecified atom stereocenters. The molecule has 1 saturated carbocycles. The number of benzene rings is 1. The number of fused-ring (bicyclic) bond motifs is 1. The molecule has 2 aromatic rings. The van der Waals surface area contributed by atoms with E-state index >= 15 is 0 Å². The molecule has 1 aliphatic rings. The topological polar surface area (TPSA) is 17.8 Å². The van der Waals surface area contributed by atoms with Crippen LogP contribution < -0.4 is 0 Å². The van der Waals surface area contributed by atoms with Crippen LogP contribution in [0.2, 0.25) is 0 Å². The minimum atomic E-state index is -4.33. The fourth-order valence-corrected chi connectivity index (χ4v) is 2.67. The zero-order valence-electron chi connectivity index (χ0n) is 9.91. The number of aromatic nitrogens is 2. The highest BCUT2D eigenvalue weighted by Gasteiger charge is 2.36. The Morgan fingerprint density at radius 2 is 2.00 bits per heavy atom. The highest BCUT2D eigenvalue weighted by atomic mass is 19.4. The summed E-state index contributed by atoms with van der Waals surface area (Å²) < 4.78 is 40.5. The summed E-state index contributed by atoms with van der Waals surface area (Å²) in [4.78, 5) is 0. The van der Waals surface area contributed by atoms with E-state index in [1.54, 1.807) is 10.7 Å². The maximum atomic E-state index is 13.0. The molecule has 0 atom stereocenters. The molecule has 2 nitrogen and oxygen atoms in total. The van der Waals surface area contributed by atoms with Gasteiger partial charge in [0, 0.05) is 5.39 Å². The zero-order valence-corrected chi connectivity index (χ0v) is 9.91. The van der Waals surface area contributed by atoms with Gasteiger partial charge < -0.3 is 0 Å². The summed E-state index contributed by atoms with van der Waals surface area (Å²) in [7, 11) is 0. The highest BCUT2D eigenvalue weighted by Crippen LogP contribution is 2.41. The predicted octanol–water partition coefficient (Wildman–Crippen LogP) is 4.03. The van der Waals surface area contributed by atoms with Crippen molar-refractivity contribution in [1.29, 1.82) is 0 Å². The van der Waals surface area contributed by atoms with Gasteiger partial charge in [0.1, 0.15) is 0 Å². The SMILES string of the molecule is CC1CC(n2ncc3cccc(C(F)(F)F)c32)C1. The van der Waals surface area contributed by atoms with E-state index in [2.05, 4.69) is 12.0 Å². The quantitative estimate of drug-likeness (QED) is 0.751. The molecule has 0 bridgehead atoms. The number of halogens is 3. The summed E-state index contributed by atoms with van der Waals surface area (Å²) in [5.41, 5.74) is -0.362. The van der Waals surface area contributed by atoms with E-state index in [-0.39, 0.29) is 11.6 Å². The van der Waals surface area contributed by atoms with Crippen molar-refractivity contribution in [3.05, 3.63) is 30.0 Å². The van der Waals surface area contributed by atoms with Gasteiger partial charge in [0.25, 0.3) is 0 Å². The summed E-state index contributed by atoms with van der Waals surface area (Å²) >= 11 is 0. The summed E-state index contributed by atoms with van der Waals surface area (Å²) in [6.07, 6.45) is -0.994. The van der Waals surface area contributed by atoms with E-state index in [0.717, 1.165) is 18.9 Å². The normalized spacial score (nSPS) is 24.2. The number of rotatable bonds is 1. The van der Waals surface area contributed by atoms with Crippen molar-refractivity contribution in [1.82, 2.24) is 9.78 Å². The molecule has 1 aromatic carbocycles. The number of alkyl halides is 3. The molecule has 1 aromatic heterocycles. The molecule has 0 N–H and O–H groups in total. The van der Waals surface area contributed by atoms with E-state index in [4.69, 9.17) is 0 Å². The Labute approximate surface area is 102 Å². The van der Waals surface area contributed by atoms with E-state index in [0.29, 0.717) is 11.3 Å². The number of para-hydroxylation sites is 1. The second-order valence-electron chi connectivity index (χ2n) is 5.06. The zero-order chi connectivity index (χ0) is 12.9. The summed E-state index contributed by atoms with van der Waals surface area (Å²) in [5.74, 6) is 0.576. The first-order chi connectivity index (χ1) is 8.47. The lowest BCUT2D eigenvalue weighted by Crippen LogP contribution is -2.26. The van der Waals surface area contributed by atoms with Crippen LogP contribution in [0.15, 0.2) is 24.4 Å². The highest BCUT2D eigenvalue weighted by molar-refractivity contribution is 5.82. The Morgan fingerprint density at radius 1 is 1.28 bits per heavy atom. The average molecular weight is 254 g/mol. The van der Waals surface area contributed by atoms with Gasteiger partial charge in [0.15, 0.2) is 0 Å². The minimum Gasteiger partial charge on any atom is -0.261 e. The Hall–Kier alpha value is -1.52. The van der Waals surface area contributed by atoms with Gasteiger partial charge in [-0.3, -0.25) is 4.68 Å². The van der Waals surface area contributed by atoms with Gasteiger partial charge in [-0.2, -0.15) is 18.3 Å². The van der Waals surface area contributed by atoms with Gasteiger partial charge in [0.2, 0.25) is 0 Å². The molecule has 96 valence electrons. The first-order valence-corrected chi connectivity index (χ1v) is 6.00. The molecular formula is C13H13F3N2. The third-order valence-corrected chi connectivity index (χ3v) is 3.62. The van der Waals surface area contributed by atoms with Crippen LogP contribution in [-0.4, -0.2) is 9.78 Å². The third-order valence-electron chi connectivity index (χ3n) is 3.62. The second kappa shape index (κ2) is 3.73. The van der Waals surface area contributed by atoms with Gasteiger partial charge in [0.05, 0.1) is 23.3 Å². The molecule has 18 heavy (non-hydrogen) atoms. The first-order valence-electron chi connectivity index (χ1n) is 6.00. The molecular weight excluding hydrogens is 241 g/mol. The molecule has 5 heteroatoms. The number of hydrogen-bond acceptors (Lipinski definition) is 1. The lowest BCUT2D eigenvalue weighted by atomic mass is 9.82. The predicted molar refractivity (Wildman–Crippen MR) is 62.2 cm³/mol.